The second-order valence-electron chi connectivity index (χ2n) is 8.13. The molecule has 0 unspecified atom stereocenters. The van der Waals surface area contributed by atoms with E-state index in [1.54, 1.807) is 0 Å². The maximum Gasteiger partial charge on any atom is 0.200 e. The van der Waals surface area contributed by atoms with Crippen molar-refractivity contribution < 1.29 is 9.22 Å². The van der Waals surface area contributed by atoms with Crippen LogP contribution in [-0.4, -0.2) is 21.2 Å². The summed E-state index contributed by atoms with van der Waals surface area (Å²) in [7, 11) is -1.82. The van der Waals surface area contributed by atoms with Crippen LogP contribution in [0, 0.1) is 0 Å². The summed E-state index contributed by atoms with van der Waals surface area (Å²) < 4.78 is 6.82. The van der Waals surface area contributed by atoms with E-state index in [9.17, 15) is 4.79 Å². The van der Waals surface area contributed by atoms with Crippen LogP contribution in [0.1, 0.15) is 70.3 Å². The molecule has 0 aliphatic heterocycles. The molecule has 0 bridgehead atoms. The summed E-state index contributed by atoms with van der Waals surface area (Å²) in [4.78, 5) is 11.1. The van der Waals surface area contributed by atoms with Gasteiger partial charge in [-0.05, 0) is 41.1 Å². The molecule has 0 aromatic heterocycles. The Hall–Kier alpha value is -0.933. The van der Waals surface area contributed by atoms with Crippen LogP contribution in [0.5, 0.6) is 0 Å². The largest absolute Gasteiger partial charge is 0.415 e. The minimum atomic E-state index is -1.82. The Labute approximate surface area is 142 Å². The maximum atomic E-state index is 11.1. The van der Waals surface area contributed by atoms with Crippen molar-refractivity contribution in [3.63, 3.8) is 0 Å². The van der Waals surface area contributed by atoms with Crippen molar-refractivity contribution in [3.05, 3.63) is 35.4 Å². The molecule has 0 radical (unpaired) electrons. The van der Waals surface area contributed by atoms with Crippen LogP contribution < -0.4 is 0 Å². The molecule has 0 atom stereocenters. The summed E-state index contributed by atoms with van der Waals surface area (Å²) in [5.74, 6) is 0. The monoisotopic (exact) mass is 332 g/mol. The molecule has 2 rings (SSSR count). The lowest BCUT2D eigenvalue weighted by Crippen LogP contribution is -2.49. The molecule has 1 aromatic rings. The lowest BCUT2D eigenvalue weighted by molar-refractivity contribution is 0.112. The molecule has 1 aromatic carbocycles. The van der Waals surface area contributed by atoms with Gasteiger partial charge in [-0.2, -0.15) is 0 Å². The number of rotatable bonds is 8. The third-order valence-electron chi connectivity index (χ3n) is 5.79. The Morgan fingerprint density at radius 3 is 2.09 bits per heavy atom. The van der Waals surface area contributed by atoms with Crippen molar-refractivity contribution in [1.82, 2.24) is 0 Å². The van der Waals surface area contributed by atoms with E-state index < -0.39 is 8.32 Å². The Balaban J connectivity index is 2.21. The number of benzene rings is 1. The van der Waals surface area contributed by atoms with E-state index in [1.165, 1.54) is 18.4 Å². The van der Waals surface area contributed by atoms with Gasteiger partial charge in [-0.1, -0.05) is 59.7 Å². The fraction of sp³-hybridized carbons (Fsp3) is 0.650. The first-order chi connectivity index (χ1) is 10.8. The summed E-state index contributed by atoms with van der Waals surface area (Å²) >= 11 is 0. The smallest absolute Gasteiger partial charge is 0.200 e. The lowest BCUT2D eigenvalue weighted by atomic mass is 9.95. The van der Waals surface area contributed by atoms with Crippen LogP contribution in [0.15, 0.2) is 24.3 Å². The molecular formula is C20H32O2Si. The van der Waals surface area contributed by atoms with E-state index in [2.05, 4.69) is 47.6 Å². The maximum absolute atomic E-state index is 11.1. The van der Waals surface area contributed by atoms with Crippen molar-refractivity contribution in [3.8, 4) is 0 Å². The first-order valence-corrected chi connectivity index (χ1v) is 11.1. The Kier molecular flexibility index (Phi) is 5.52. The standard InChI is InChI=1S/C20H32O2Si/c1-15(2)23(16(3)4,17(5)6)22-14-20(10-11-20)19-9-7-8-18(12-19)13-21/h7-9,12-13,15-17H,10-11,14H2,1-6H3. The van der Waals surface area contributed by atoms with Gasteiger partial charge in [0.25, 0.3) is 0 Å². The van der Waals surface area contributed by atoms with Gasteiger partial charge in [-0.25, -0.2) is 0 Å². The molecule has 0 amide bonds. The first-order valence-electron chi connectivity index (χ1n) is 8.98. The number of aldehydes is 1. The molecule has 0 spiro atoms. The average molecular weight is 333 g/mol. The predicted molar refractivity (Wildman–Crippen MR) is 99.7 cm³/mol. The van der Waals surface area contributed by atoms with Crippen LogP contribution in [-0.2, 0) is 9.84 Å². The van der Waals surface area contributed by atoms with Gasteiger partial charge in [0.05, 0.1) is 0 Å². The third kappa shape index (κ3) is 3.46. The van der Waals surface area contributed by atoms with Crippen molar-refractivity contribution in [2.24, 2.45) is 0 Å². The average Bonchev–Trinajstić information content (AvgIpc) is 3.28. The molecule has 23 heavy (non-hydrogen) atoms. The summed E-state index contributed by atoms with van der Waals surface area (Å²) in [6, 6.07) is 8.08. The van der Waals surface area contributed by atoms with Gasteiger partial charge >= 0.3 is 0 Å². The highest BCUT2D eigenvalue weighted by atomic mass is 28.4. The first kappa shape index (κ1) is 18.4. The highest BCUT2D eigenvalue weighted by molar-refractivity contribution is 6.77. The molecule has 3 heteroatoms. The van der Waals surface area contributed by atoms with E-state index in [4.69, 9.17) is 4.43 Å². The molecule has 1 fully saturated rings. The second kappa shape index (κ2) is 6.90. The molecule has 1 aliphatic rings. The van der Waals surface area contributed by atoms with Crippen molar-refractivity contribution >= 4 is 14.6 Å². The minimum Gasteiger partial charge on any atom is -0.415 e. The fourth-order valence-corrected chi connectivity index (χ4v) is 9.90. The SMILES string of the molecule is CC(C)[Si](OCC1(c2cccc(C=O)c2)CC1)(C(C)C)C(C)C. The second-order valence-corrected chi connectivity index (χ2v) is 13.6. The van der Waals surface area contributed by atoms with Crippen molar-refractivity contribution in [2.45, 2.75) is 76.4 Å². The topological polar surface area (TPSA) is 26.3 Å². The lowest BCUT2D eigenvalue weighted by Gasteiger charge is -2.43. The van der Waals surface area contributed by atoms with Gasteiger partial charge in [0, 0.05) is 17.6 Å². The number of carbonyl (C=O) groups is 1. The number of carbonyl (C=O) groups excluding carboxylic acids is 1. The Morgan fingerprint density at radius 2 is 1.65 bits per heavy atom. The van der Waals surface area contributed by atoms with Gasteiger partial charge in [0.2, 0.25) is 0 Å². The zero-order valence-electron chi connectivity index (χ0n) is 15.6. The molecule has 2 nitrogen and oxygen atoms in total. The van der Waals surface area contributed by atoms with Gasteiger partial charge < -0.3 is 4.43 Å². The summed E-state index contributed by atoms with van der Waals surface area (Å²) in [6.07, 6.45) is 3.29. The normalized spacial score (nSPS) is 17.1. The molecule has 0 saturated heterocycles. The summed E-state index contributed by atoms with van der Waals surface area (Å²) in [5.41, 5.74) is 4.03. The predicted octanol–water partition coefficient (Wildman–Crippen LogP) is 5.72. The Bertz CT molecular complexity index is 523. The molecular weight excluding hydrogens is 300 g/mol. The molecule has 128 valence electrons. The highest BCUT2D eigenvalue weighted by Gasteiger charge is 2.50. The van der Waals surface area contributed by atoms with Gasteiger partial charge in [0.15, 0.2) is 8.32 Å². The summed E-state index contributed by atoms with van der Waals surface area (Å²) in [5, 5.41) is 0. The molecule has 0 N–H and O–H groups in total. The molecule has 1 aliphatic carbocycles. The van der Waals surface area contributed by atoms with Crippen LogP contribution in [0.3, 0.4) is 0 Å². The van der Waals surface area contributed by atoms with E-state index in [0.717, 1.165) is 18.5 Å². The van der Waals surface area contributed by atoms with Crippen LogP contribution in [0.25, 0.3) is 0 Å². The van der Waals surface area contributed by atoms with Gasteiger partial charge in [-0.3, -0.25) is 4.79 Å². The Morgan fingerprint density at radius 1 is 1.09 bits per heavy atom. The van der Waals surface area contributed by atoms with E-state index in [1.807, 2.05) is 18.2 Å². The highest BCUT2D eigenvalue weighted by Crippen LogP contribution is 2.51. The van der Waals surface area contributed by atoms with Crippen LogP contribution in [0.4, 0.5) is 0 Å². The zero-order chi connectivity index (χ0) is 17.3. The van der Waals surface area contributed by atoms with E-state index >= 15 is 0 Å². The van der Waals surface area contributed by atoms with Crippen LogP contribution in [0.2, 0.25) is 16.6 Å². The van der Waals surface area contributed by atoms with Gasteiger partial charge in [0.1, 0.15) is 6.29 Å². The summed E-state index contributed by atoms with van der Waals surface area (Å²) in [6.45, 7) is 14.8. The fourth-order valence-electron chi connectivity index (χ4n) is 4.37. The zero-order valence-corrected chi connectivity index (χ0v) is 16.6. The van der Waals surface area contributed by atoms with Crippen molar-refractivity contribution in [2.75, 3.05) is 6.61 Å². The minimum absolute atomic E-state index is 0.149. The number of hydrogen-bond acceptors (Lipinski definition) is 2. The quantitative estimate of drug-likeness (QED) is 0.449. The van der Waals surface area contributed by atoms with Crippen molar-refractivity contribution in [1.29, 1.82) is 0 Å². The molecule has 0 heterocycles. The van der Waals surface area contributed by atoms with E-state index in [0.29, 0.717) is 16.6 Å². The number of hydrogen-bond donors (Lipinski definition) is 0. The third-order valence-corrected chi connectivity index (χ3v) is 11.9. The molecule has 1 saturated carbocycles. The van der Waals surface area contributed by atoms with Gasteiger partial charge in [-0.15, -0.1) is 0 Å². The van der Waals surface area contributed by atoms with E-state index in [-0.39, 0.29) is 5.41 Å². The van der Waals surface area contributed by atoms with Crippen LogP contribution >= 0.6 is 0 Å².